The van der Waals surface area contributed by atoms with Gasteiger partial charge in [0.2, 0.25) is 0 Å². The first-order valence-electron chi connectivity index (χ1n) is 5.20. The Hall–Kier alpha value is -1.88. The van der Waals surface area contributed by atoms with Crippen LogP contribution in [0.15, 0.2) is 29.0 Å². The van der Waals surface area contributed by atoms with Crippen LogP contribution in [-0.2, 0) is 4.74 Å². The third-order valence-electron chi connectivity index (χ3n) is 2.23. The number of hydrogen-bond acceptors (Lipinski definition) is 4. The third kappa shape index (κ3) is 2.22. The molecular weight excluding hydrogens is 261 g/mol. The van der Waals surface area contributed by atoms with Gasteiger partial charge in [-0.2, -0.15) is 0 Å². The molecule has 1 aromatic carbocycles. The van der Waals surface area contributed by atoms with Gasteiger partial charge in [0.1, 0.15) is 0 Å². The van der Waals surface area contributed by atoms with Gasteiger partial charge >= 0.3 is 5.97 Å². The number of aromatic nitrogens is 1. The predicted molar refractivity (Wildman–Crippen MR) is 62.9 cm³/mol. The van der Waals surface area contributed by atoms with E-state index in [1.54, 1.807) is 13.0 Å². The summed E-state index contributed by atoms with van der Waals surface area (Å²) >= 11 is 5.67. The molecule has 0 aliphatic carbocycles. The van der Waals surface area contributed by atoms with Crippen LogP contribution in [0.25, 0.3) is 11.3 Å². The van der Waals surface area contributed by atoms with Crippen molar-refractivity contribution >= 4 is 17.6 Å². The van der Waals surface area contributed by atoms with Gasteiger partial charge in [0.15, 0.2) is 23.7 Å². The van der Waals surface area contributed by atoms with Gasteiger partial charge in [0.05, 0.1) is 17.2 Å². The largest absolute Gasteiger partial charge is 0.461 e. The van der Waals surface area contributed by atoms with Crippen molar-refractivity contribution in [2.24, 2.45) is 0 Å². The number of esters is 1. The smallest absolute Gasteiger partial charge is 0.360 e. The van der Waals surface area contributed by atoms with Crippen molar-refractivity contribution in [2.45, 2.75) is 6.92 Å². The van der Waals surface area contributed by atoms with Gasteiger partial charge in [-0.25, -0.2) is 14.2 Å². The summed E-state index contributed by atoms with van der Waals surface area (Å²) in [5, 5.41) is -0.0568. The molecular formula is C12H9ClFNO3. The number of carbonyl (C=O) groups excluding carboxylic acids is 1. The van der Waals surface area contributed by atoms with Crippen LogP contribution in [0.1, 0.15) is 17.4 Å². The summed E-state index contributed by atoms with van der Waals surface area (Å²) in [4.78, 5) is 15.3. The molecule has 0 aliphatic heterocycles. The van der Waals surface area contributed by atoms with Crippen molar-refractivity contribution in [3.05, 3.63) is 41.1 Å². The molecule has 0 unspecified atom stereocenters. The van der Waals surface area contributed by atoms with Gasteiger partial charge in [0.25, 0.3) is 0 Å². The fourth-order valence-corrected chi connectivity index (χ4v) is 1.64. The molecule has 1 aromatic heterocycles. The Morgan fingerprint density at radius 1 is 1.56 bits per heavy atom. The Kier molecular flexibility index (Phi) is 3.62. The van der Waals surface area contributed by atoms with Crippen molar-refractivity contribution in [3.8, 4) is 11.3 Å². The van der Waals surface area contributed by atoms with Crippen LogP contribution >= 0.6 is 11.6 Å². The molecule has 0 atom stereocenters. The summed E-state index contributed by atoms with van der Waals surface area (Å²) in [6.45, 7) is 1.86. The number of carbonyl (C=O) groups is 1. The maximum absolute atomic E-state index is 13.8. The average Bonchev–Trinajstić information content (AvgIpc) is 2.82. The number of nitrogens with zero attached hydrogens (tertiary/aromatic N) is 1. The molecule has 6 heteroatoms. The summed E-state index contributed by atoms with van der Waals surface area (Å²) in [5.41, 5.74) is 0.000990. The lowest BCUT2D eigenvalue weighted by atomic mass is 10.1. The van der Waals surface area contributed by atoms with Gasteiger partial charge in [-0.05, 0) is 19.1 Å². The van der Waals surface area contributed by atoms with Gasteiger partial charge in [-0.1, -0.05) is 17.7 Å². The van der Waals surface area contributed by atoms with E-state index in [0.717, 1.165) is 6.39 Å². The lowest BCUT2D eigenvalue weighted by molar-refractivity contribution is 0.0520. The summed E-state index contributed by atoms with van der Waals surface area (Å²) in [6.07, 6.45) is 1.06. The van der Waals surface area contributed by atoms with Crippen molar-refractivity contribution < 1.29 is 18.3 Å². The fraction of sp³-hybridized carbons (Fsp3) is 0.167. The van der Waals surface area contributed by atoms with E-state index in [0.29, 0.717) is 0 Å². The van der Waals surface area contributed by atoms with E-state index in [4.69, 9.17) is 20.8 Å². The molecule has 0 aliphatic rings. The van der Waals surface area contributed by atoms with Gasteiger partial charge in [-0.15, -0.1) is 0 Å². The minimum Gasteiger partial charge on any atom is -0.461 e. The Morgan fingerprint density at radius 2 is 2.33 bits per heavy atom. The summed E-state index contributed by atoms with van der Waals surface area (Å²) < 4.78 is 23.7. The quantitative estimate of drug-likeness (QED) is 0.802. The SMILES string of the molecule is CCOC(=O)c1ncoc1-c1cccc(Cl)c1F. The highest BCUT2D eigenvalue weighted by atomic mass is 35.5. The molecule has 94 valence electrons. The highest BCUT2D eigenvalue weighted by Gasteiger charge is 2.22. The summed E-state index contributed by atoms with van der Waals surface area (Å²) in [5.74, 6) is -1.32. The van der Waals surface area contributed by atoms with Crippen LogP contribution in [-0.4, -0.2) is 17.6 Å². The first kappa shape index (κ1) is 12.6. The second kappa shape index (κ2) is 5.18. The van der Waals surface area contributed by atoms with Gasteiger partial charge in [-0.3, -0.25) is 0 Å². The lowest BCUT2D eigenvalue weighted by Crippen LogP contribution is -2.06. The standard InChI is InChI=1S/C12H9ClFNO3/c1-2-17-12(16)10-11(18-6-15-10)7-4-3-5-8(13)9(7)14/h3-6H,2H2,1H3. The van der Waals surface area contributed by atoms with Crippen LogP contribution in [0.3, 0.4) is 0 Å². The van der Waals surface area contributed by atoms with E-state index in [1.807, 2.05) is 0 Å². The third-order valence-corrected chi connectivity index (χ3v) is 2.52. The Morgan fingerprint density at radius 3 is 3.06 bits per heavy atom. The average molecular weight is 270 g/mol. The van der Waals surface area contributed by atoms with Crippen LogP contribution in [0, 0.1) is 5.82 Å². The number of ether oxygens (including phenoxy) is 1. The zero-order valence-corrected chi connectivity index (χ0v) is 10.2. The molecule has 0 saturated heterocycles. The Balaban J connectivity index is 2.49. The fourth-order valence-electron chi connectivity index (χ4n) is 1.46. The van der Waals surface area contributed by atoms with E-state index in [2.05, 4.69) is 4.98 Å². The molecule has 2 aromatic rings. The topological polar surface area (TPSA) is 52.3 Å². The van der Waals surface area contributed by atoms with E-state index >= 15 is 0 Å². The van der Waals surface area contributed by atoms with Crippen molar-refractivity contribution in [1.82, 2.24) is 4.98 Å². The van der Waals surface area contributed by atoms with Gasteiger partial charge in [0, 0.05) is 0 Å². The normalized spacial score (nSPS) is 10.4. The zero-order chi connectivity index (χ0) is 13.1. The zero-order valence-electron chi connectivity index (χ0n) is 9.44. The molecule has 1 heterocycles. The molecule has 0 fully saturated rings. The molecule has 0 radical (unpaired) electrons. The highest BCUT2D eigenvalue weighted by molar-refractivity contribution is 6.31. The van der Waals surface area contributed by atoms with Crippen molar-refractivity contribution in [3.63, 3.8) is 0 Å². The van der Waals surface area contributed by atoms with E-state index < -0.39 is 11.8 Å². The number of rotatable bonds is 3. The van der Waals surface area contributed by atoms with Crippen LogP contribution in [0.5, 0.6) is 0 Å². The molecule has 0 bridgehead atoms. The summed E-state index contributed by atoms with van der Waals surface area (Å²) in [6, 6.07) is 4.41. The minimum absolute atomic E-state index is 0.00782. The van der Waals surface area contributed by atoms with E-state index in [-0.39, 0.29) is 28.6 Å². The number of hydrogen-bond donors (Lipinski definition) is 0. The Bertz CT molecular complexity index is 582. The summed E-state index contributed by atoms with van der Waals surface area (Å²) in [7, 11) is 0. The maximum Gasteiger partial charge on any atom is 0.360 e. The van der Waals surface area contributed by atoms with Crippen molar-refractivity contribution in [2.75, 3.05) is 6.61 Å². The first-order chi connectivity index (χ1) is 8.65. The van der Waals surface area contributed by atoms with Gasteiger partial charge < -0.3 is 9.15 Å². The lowest BCUT2D eigenvalue weighted by Gasteiger charge is -2.03. The second-order valence-electron chi connectivity index (χ2n) is 3.35. The monoisotopic (exact) mass is 269 g/mol. The number of oxazole rings is 1. The molecule has 2 rings (SSSR count). The van der Waals surface area contributed by atoms with Crippen LogP contribution < -0.4 is 0 Å². The minimum atomic E-state index is -0.666. The van der Waals surface area contributed by atoms with E-state index in [1.165, 1.54) is 12.1 Å². The Labute approximate surface area is 107 Å². The molecule has 18 heavy (non-hydrogen) atoms. The van der Waals surface area contributed by atoms with Crippen LogP contribution in [0.2, 0.25) is 5.02 Å². The molecule has 0 saturated carbocycles. The van der Waals surface area contributed by atoms with E-state index in [9.17, 15) is 9.18 Å². The number of benzene rings is 1. The molecule has 0 amide bonds. The second-order valence-corrected chi connectivity index (χ2v) is 3.76. The molecule has 4 nitrogen and oxygen atoms in total. The molecule has 0 spiro atoms. The van der Waals surface area contributed by atoms with Crippen LogP contribution in [0.4, 0.5) is 4.39 Å². The number of halogens is 2. The maximum atomic E-state index is 13.8. The molecule has 0 N–H and O–H groups in total. The predicted octanol–water partition coefficient (Wildman–Crippen LogP) is 3.31. The van der Waals surface area contributed by atoms with Crippen molar-refractivity contribution in [1.29, 1.82) is 0 Å². The first-order valence-corrected chi connectivity index (χ1v) is 5.58. The highest BCUT2D eigenvalue weighted by Crippen LogP contribution is 2.29.